The van der Waals surface area contributed by atoms with Crippen LogP contribution in [-0.2, 0) is 16.4 Å². The summed E-state index contributed by atoms with van der Waals surface area (Å²) in [5.74, 6) is -1.09. The largest absolute Gasteiger partial charge is 0.355 e. The fraction of sp³-hybridized carbons (Fsp3) is 0.476. The van der Waals surface area contributed by atoms with E-state index in [0.717, 1.165) is 37.0 Å². The van der Waals surface area contributed by atoms with Gasteiger partial charge in [0.2, 0.25) is 0 Å². The fourth-order valence-electron chi connectivity index (χ4n) is 4.51. The molecule has 1 N–H and O–H groups in total. The first kappa shape index (κ1) is 23.6. The van der Waals surface area contributed by atoms with Gasteiger partial charge in [-0.1, -0.05) is 11.6 Å². The summed E-state index contributed by atoms with van der Waals surface area (Å²) in [6, 6.07) is 1.03. The molecule has 1 aromatic heterocycles. The van der Waals surface area contributed by atoms with E-state index in [2.05, 4.69) is 20.2 Å². The fourth-order valence-corrected chi connectivity index (χ4v) is 5.24. The first-order valence-corrected chi connectivity index (χ1v) is 12.9. The Morgan fingerprint density at radius 3 is 2.36 bits per heavy atom. The summed E-state index contributed by atoms with van der Waals surface area (Å²) in [4.78, 5) is 24.1. The highest BCUT2D eigenvalue weighted by molar-refractivity contribution is 7.90. The lowest BCUT2D eigenvalue weighted by molar-refractivity contribution is 0.106. The Morgan fingerprint density at radius 2 is 1.79 bits per heavy atom. The number of urea groups is 1. The molecule has 2 amide bonds. The van der Waals surface area contributed by atoms with Gasteiger partial charge in [0.05, 0.1) is 23.8 Å². The van der Waals surface area contributed by atoms with Crippen LogP contribution in [0.25, 0.3) is 0 Å². The number of halogens is 3. The van der Waals surface area contributed by atoms with E-state index in [1.807, 2.05) is 0 Å². The van der Waals surface area contributed by atoms with E-state index in [9.17, 15) is 22.0 Å². The van der Waals surface area contributed by atoms with Crippen molar-refractivity contribution in [1.29, 1.82) is 0 Å². The van der Waals surface area contributed by atoms with Crippen LogP contribution in [0.4, 0.5) is 19.4 Å². The van der Waals surface area contributed by atoms with Crippen molar-refractivity contribution < 1.29 is 22.0 Å². The zero-order valence-electron chi connectivity index (χ0n) is 18.0. The van der Waals surface area contributed by atoms with Gasteiger partial charge < -0.3 is 15.1 Å². The summed E-state index contributed by atoms with van der Waals surface area (Å²) in [6.07, 6.45) is 6.20. The number of benzene rings is 1. The molecule has 12 heteroatoms. The second-order valence-electron chi connectivity index (χ2n) is 8.38. The zero-order chi connectivity index (χ0) is 23.8. The van der Waals surface area contributed by atoms with E-state index in [-0.39, 0.29) is 30.1 Å². The van der Waals surface area contributed by atoms with Gasteiger partial charge in [0, 0.05) is 37.5 Å². The first-order valence-electron chi connectivity index (χ1n) is 10.6. The first-order chi connectivity index (χ1) is 15.6. The van der Waals surface area contributed by atoms with Crippen molar-refractivity contribution in [2.75, 3.05) is 30.8 Å². The van der Waals surface area contributed by atoms with E-state index in [1.165, 1.54) is 11.1 Å². The van der Waals surface area contributed by atoms with Crippen molar-refractivity contribution in [3.05, 3.63) is 46.9 Å². The van der Waals surface area contributed by atoms with Crippen LogP contribution >= 0.6 is 11.6 Å². The molecule has 0 radical (unpaired) electrons. The number of carbonyl (C=O) groups is 1. The van der Waals surface area contributed by atoms with Gasteiger partial charge >= 0.3 is 6.03 Å². The molecule has 0 spiro atoms. The van der Waals surface area contributed by atoms with Crippen molar-refractivity contribution in [3.8, 4) is 0 Å². The SMILES string of the molecule is CS(=O)(=O)c1cc(F)c(CN2C(=O)NCCC2C2CCN(c3cnc(Cl)cn3)CC2)c(F)c1. The monoisotopic (exact) mass is 499 g/mol. The standard InChI is InChI=1S/C21H24ClF2N5O3S/c1-33(31,32)14-8-16(23)15(17(24)9-14)12-29-18(2-5-25-21(29)30)13-3-6-28(7-4-13)20-11-26-19(22)10-27-20/h8-11,13,18H,2-7,12H2,1H3,(H,25,30). The second-order valence-corrected chi connectivity index (χ2v) is 10.8. The average Bonchev–Trinajstić information content (AvgIpc) is 2.77. The number of amides is 2. The molecule has 2 fully saturated rings. The molecule has 1 unspecified atom stereocenters. The number of nitrogens with zero attached hydrogens (tertiary/aromatic N) is 4. The van der Waals surface area contributed by atoms with E-state index >= 15 is 0 Å². The normalized spacial score (nSPS) is 20.1. The average molecular weight is 500 g/mol. The third-order valence-corrected chi connectivity index (χ3v) is 7.55. The maximum absolute atomic E-state index is 14.7. The molecule has 8 nitrogen and oxygen atoms in total. The number of carbonyl (C=O) groups excluding carboxylic acids is 1. The Kier molecular flexibility index (Phi) is 6.71. The Bertz CT molecular complexity index is 1120. The highest BCUT2D eigenvalue weighted by Crippen LogP contribution is 2.31. The Labute approximate surface area is 195 Å². The molecule has 2 aliphatic heterocycles. The third-order valence-electron chi connectivity index (χ3n) is 6.26. The molecule has 1 atom stereocenters. The molecule has 4 rings (SSSR count). The smallest absolute Gasteiger partial charge is 0.317 e. The van der Waals surface area contributed by atoms with Gasteiger partial charge in [-0.2, -0.15) is 0 Å². The highest BCUT2D eigenvalue weighted by atomic mass is 35.5. The van der Waals surface area contributed by atoms with Gasteiger partial charge in [-0.15, -0.1) is 0 Å². The van der Waals surface area contributed by atoms with Crippen LogP contribution in [0, 0.1) is 17.6 Å². The summed E-state index contributed by atoms with van der Waals surface area (Å²) in [5, 5.41) is 3.06. The number of hydrogen-bond acceptors (Lipinski definition) is 6. The lowest BCUT2D eigenvalue weighted by atomic mass is 9.85. The van der Waals surface area contributed by atoms with Gasteiger partial charge in [0.25, 0.3) is 0 Å². The van der Waals surface area contributed by atoms with Crippen LogP contribution in [0.1, 0.15) is 24.8 Å². The van der Waals surface area contributed by atoms with Crippen LogP contribution in [0.15, 0.2) is 29.4 Å². The van der Waals surface area contributed by atoms with Gasteiger partial charge in [0.1, 0.15) is 22.6 Å². The van der Waals surface area contributed by atoms with Crippen LogP contribution in [0.5, 0.6) is 0 Å². The molecule has 33 heavy (non-hydrogen) atoms. The molecule has 0 aliphatic carbocycles. The molecule has 1 aromatic carbocycles. The second kappa shape index (κ2) is 9.38. The summed E-state index contributed by atoms with van der Waals surface area (Å²) in [5.41, 5.74) is -0.321. The quantitative estimate of drug-likeness (QED) is 0.679. The topological polar surface area (TPSA) is 95.5 Å². The minimum absolute atomic E-state index is 0.147. The number of aromatic nitrogens is 2. The summed E-state index contributed by atoms with van der Waals surface area (Å²) < 4.78 is 52.7. The molecular weight excluding hydrogens is 476 g/mol. The number of piperidine rings is 1. The van der Waals surface area contributed by atoms with Crippen molar-refractivity contribution in [3.63, 3.8) is 0 Å². The minimum atomic E-state index is -3.76. The maximum atomic E-state index is 14.7. The van der Waals surface area contributed by atoms with E-state index in [1.54, 1.807) is 6.20 Å². The van der Waals surface area contributed by atoms with Crippen molar-refractivity contribution in [2.45, 2.75) is 36.7 Å². The Balaban J connectivity index is 1.50. The van der Waals surface area contributed by atoms with Crippen LogP contribution in [0.2, 0.25) is 5.15 Å². The highest BCUT2D eigenvalue weighted by Gasteiger charge is 2.36. The van der Waals surface area contributed by atoms with E-state index in [0.29, 0.717) is 31.2 Å². The molecule has 0 bridgehead atoms. The Hall–Kier alpha value is -2.53. The summed E-state index contributed by atoms with van der Waals surface area (Å²) in [7, 11) is -3.76. The third kappa shape index (κ3) is 5.19. The van der Waals surface area contributed by atoms with Crippen LogP contribution in [-0.4, -0.2) is 61.2 Å². The van der Waals surface area contributed by atoms with Crippen LogP contribution < -0.4 is 10.2 Å². The molecular formula is C21H24ClF2N5O3S. The van der Waals surface area contributed by atoms with Crippen molar-refractivity contribution >= 4 is 33.3 Å². The molecule has 3 heterocycles. The van der Waals surface area contributed by atoms with Gasteiger partial charge in [-0.3, -0.25) is 0 Å². The van der Waals surface area contributed by atoms with Gasteiger partial charge in [-0.25, -0.2) is 32.0 Å². The summed E-state index contributed by atoms with van der Waals surface area (Å²) >= 11 is 5.81. The maximum Gasteiger partial charge on any atom is 0.317 e. The summed E-state index contributed by atoms with van der Waals surface area (Å²) in [6.45, 7) is 1.62. The predicted octanol–water partition coefficient (Wildman–Crippen LogP) is 3.01. The number of sulfone groups is 1. The lowest BCUT2D eigenvalue weighted by Gasteiger charge is -2.44. The minimum Gasteiger partial charge on any atom is -0.355 e. The molecule has 2 aliphatic rings. The van der Waals surface area contributed by atoms with E-state index in [4.69, 9.17) is 11.6 Å². The molecule has 2 saturated heterocycles. The number of nitrogens with one attached hydrogen (secondary N) is 1. The van der Waals surface area contributed by atoms with Gasteiger partial charge in [0.15, 0.2) is 9.84 Å². The molecule has 2 aromatic rings. The zero-order valence-corrected chi connectivity index (χ0v) is 19.5. The molecule has 178 valence electrons. The molecule has 0 saturated carbocycles. The van der Waals surface area contributed by atoms with Crippen LogP contribution in [0.3, 0.4) is 0 Å². The van der Waals surface area contributed by atoms with Crippen molar-refractivity contribution in [1.82, 2.24) is 20.2 Å². The predicted molar refractivity (Wildman–Crippen MR) is 119 cm³/mol. The number of anilines is 1. The number of rotatable bonds is 5. The lowest BCUT2D eigenvalue weighted by Crippen LogP contribution is -2.56. The van der Waals surface area contributed by atoms with Gasteiger partial charge in [-0.05, 0) is 37.3 Å². The van der Waals surface area contributed by atoms with E-state index < -0.39 is 26.4 Å². The number of hydrogen-bond donors (Lipinski definition) is 1. The Morgan fingerprint density at radius 1 is 1.12 bits per heavy atom. The van der Waals surface area contributed by atoms with Crippen molar-refractivity contribution in [2.24, 2.45) is 5.92 Å².